The van der Waals surface area contributed by atoms with Crippen LogP contribution in [0.3, 0.4) is 0 Å². The van der Waals surface area contributed by atoms with Gasteiger partial charge in [-0.1, -0.05) is 28.7 Å². The highest BCUT2D eigenvalue weighted by atomic mass is 127. The largest absolute Gasteiger partial charge is 0.308 e. The smallest absolute Gasteiger partial charge is 0.221 e. The van der Waals surface area contributed by atoms with Crippen molar-refractivity contribution in [3.05, 3.63) is 10.2 Å². The van der Waals surface area contributed by atoms with E-state index in [2.05, 4.69) is 0 Å². The summed E-state index contributed by atoms with van der Waals surface area (Å²) in [7, 11) is -3.64. The predicted molar refractivity (Wildman–Crippen MR) is 53.5 cm³/mol. The summed E-state index contributed by atoms with van der Waals surface area (Å²) < 4.78 is 23.0. The molecule has 0 aromatic rings. The third-order valence-electron chi connectivity index (χ3n) is 1.03. The molecule has 4 nitrogen and oxygen atoms in total. The Labute approximate surface area is 79.6 Å². The molecule has 0 aliphatic heterocycles. The van der Waals surface area contributed by atoms with E-state index >= 15 is 0 Å². The van der Waals surface area contributed by atoms with Crippen LogP contribution in [0.1, 0.15) is 6.92 Å². The van der Waals surface area contributed by atoms with E-state index < -0.39 is 15.3 Å². The summed E-state index contributed by atoms with van der Waals surface area (Å²) in [4.78, 5) is 0. The molecule has 0 bridgehead atoms. The molecule has 0 saturated carbocycles. The maximum absolute atomic E-state index is 10.7. The molecule has 0 aliphatic carbocycles. The molecular formula is C5H9IN2O2S. The number of hydrogen-bond donors (Lipinski definition) is 2. The van der Waals surface area contributed by atoms with Gasteiger partial charge in [0.05, 0.1) is 0 Å². The summed E-state index contributed by atoms with van der Waals surface area (Å²) in [5.74, 6) is 0. The summed E-state index contributed by atoms with van der Waals surface area (Å²) in [6, 6.07) is 0. The van der Waals surface area contributed by atoms with Crippen molar-refractivity contribution in [2.75, 3.05) is 0 Å². The van der Waals surface area contributed by atoms with Crippen LogP contribution in [0.4, 0.5) is 0 Å². The number of halogens is 1. The van der Waals surface area contributed by atoms with Crippen LogP contribution in [-0.2, 0) is 10.0 Å². The minimum atomic E-state index is -3.64. The Morgan fingerprint density at radius 2 is 2.18 bits per heavy atom. The van der Waals surface area contributed by atoms with Crippen molar-refractivity contribution in [1.82, 2.24) is 0 Å². The number of primary sulfonamides is 1. The first-order valence-corrected chi connectivity index (χ1v) is 5.58. The maximum atomic E-state index is 10.7. The Kier molecular flexibility index (Phi) is 4.19. The Morgan fingerprint density at radius 1 is 1.73 bits per heavy atom. The van der Waals surface area contributed by atoms with Gasteiger partial charge in [0.15, 0.2) is 0 Å². The van der Waals surface area contributed by atoms with Crippen LogP contribution < -0.4 is 5.14 Å². The van der Waals surface area contributed by atoms with Crippen molar-refractivity contribution >= 4 is 38.3 Å². The number of nitrogens with two attached hydrogens (primary N) is 1. The summed E-state index contributed by atoms with van der Waals surface area (Å²) in [6.45, 7) is 1.41. The predicted octanol–water partition coefficient (Wildman–Crippen LogP) is 0.632. The van der Waals surface area contributed by atoms with Gasteiger partial charge in [0.25, 0.3) is 0 Å². The molecule has 0 amide bonds. The minimum absolute atomic E-state index is 0.0282. The lowest BCUT2D eigenvalue weighted by molar-refractivity contribution is 0.597. The van der Waals surface area contributed by atoms with E-state index in [1.54, 1.807) is 0 Å². The average Bonchev–Trinajstić information content (AvgIpc) is 1.79. The fourth-order valence-corrected chi connectivity index (χ4v) is 2.05. The third kappa shape index (κ3) is 3.82. The monoisotopic (exact) mass is 288 g/mol. The van der Waals surface area contributed by atoms with Gasteiger partial charge in [0, 0.05) is 5.71 Å². The Balaban J connectivity index is 4.78. The zero-order chi connectivity index (χ0) is 9.07. The van der Waals surface area contributed by atoms with E-state index in [1.807, 2.05) is 22.6 Å². The molecule has 1 atom stereocenters. The van der Waals surface area contributed by atoms with Gasteiger partial charge >= 0.3 is 0 Å². The molecule has 0 aliphatic rings. The van der Waals surface area contributed by atoms with Gasteiger partial charge in [-0.05, 0) is 11.0 Å². The first kappa shape index (κ1) is 11.1. The van der Waals surface area contributed by atoms with Gasteiger partial charge < -0.3 is 5.41 Å². The molecule has 6 heteroatoms. The first-order chi connectivity index (χ1) is 4.89. The molecule has 0 heterocycles. The number of sulfonamides is 1. The van der Waals surface area contributed by atoms with Crippen molar-refractivity contribution in [3.8, 4) is 0 Å². The van der Waals surface area contributed by atoms with Gasteiger partial charge in [-0.3, -0.25) is 0 Å². The standard InChI is InChI=1S/C5H9IN2O2S/c1-4(7)5(2-3-6)11(8,9)10/h2-3,5,7H,1H3,(H2,8,9,10). The quantitative estimate of drug-likeness (QED) is 0.589. The van der Waals surface area contributed by atoms with Crippen LogP contribution in [0.15, 0.2) is 10.2 Å². The van der Waals surface area contributed by atoms with Gasteiger partial charge in [-0.2, -0.15) is 0 Å². The fraction of sp³-hybridized carbons (Fsp3) is 0.400. The molecule has 64 valence electrons. The molecule has 3 N–H and O–H groups in total. The van der Waals surface area contributed by atoms with Crippen LogP contribution in [0.5, 0.6) is 0 Å². The van der Waals surface area contributed by atoms with Gasteiger partial charge in [-0.15, -0.1) is 0 Å². The van der Waals surface area contributed by atoms with Crippen LogP contribution in [0, 0.1) is 5.41 Å². The van der Waals surface area contributed by atoms with Crippen molar-refractivity contribution in [1.29, 1.82) is 5.41 Å². The van der Waals surface area contributed by atoms with Crippen molar-refractivity contribution in [2.24, 2.45) is 5.14 Å². The SMILES string of the molecule is CC(=N)C(C=CI)S(N)(=O)=O. The molecule has 0 fully saturated rings. The molecule has 0 radical (unpaired) electrons. The second-order valence-corrected chi connectivity index (χ2v) is 4.42. The molecule has 0 rings (SSSR count). The van der Waals surface area contributed by atoms with E-state index in [1.165, 1.54) is 17.1 Å². The molecular weight excluding hydrogens is 279 g/mol. The van der Waals surface area contributed by atoms with Gasteiger partial charge in [0.1, 0.15) is 5.25 Å². The van der Waals surface area contributed by atoms with E-state index in [-0.39, 0.29) is 5.71 Å². The first-order valence-electron chi connectivity index (χ1n) is 2.73. The lowest BCUT2D eigenvalue weighted by Crippen LogP contribution is -2.32. The van der Waals surface area contributed by atoms with Crippen molar-refractivity contribution in [2.45, 2.75) is 12.2 Å². The molecule has 11 heavy (non-hydrogen) atoms. The van der Waals surface area contributed by atoms with Crippen LogP contribution in [0.2, 0.25) is 0 Å². The normalized spacial score (nSPS) is 15.2. The third-order valence-corrected chi connectivity index (χ3v) is 2.66. The topological polar surface area (TPSA) is 84.0 Å². The summed E-state index contributed by atoms with van der Waals surface area (Å²) >= 11 is 1.88. The highest BCUT2D eigenvalue weighted by Gasteiger charge is 2.19. The lowest BCUT2D eigenvalue weighted by Gasteiger charge is -2.06. The van der Waals surface area contributed by atoms with E-state index in [0.717, 1.165) is 0 Å². The highest BCUT2D eigenvalue weighted by Crippen LogP contribution is 2.02. The number of nitrogens with one attached hydrogen (secondary N) is 1. The summed E-state index contributed by atoms with van der Waals surface area (Å²) in [6.07, 6.45) is 1.37. The highest BCUT2D eigenvalue weighted by molar-refractivity contribution is 14.1. The molecule has 0 saturated heterocycles. The van der Waals surface area contributed by atoms with E-state index in [0.29, 0.717) is 0 Å². The lowest BCUT2D eigenvalue weighted by atomic mass is 10.3. The number of hydrogen-bond acceptors (Lipinski definition) is 3. The Morgan fingerprint density at radius 3 is 2.27 bits per heavy atom. The average molecular weight is 288 g/mol. The van der Waals surface area contributed by atoms with Crippen molar-refractivity contribution in [3.63, 3.8) is 0 Å². The van der Waals surface area contributed by atoms with Gasteiger partial charge in [0.2, 0.25) is 10.0 Å². The maximum Gasteiger partial charge on any atom is 0.221 e. The van der Waals surface area contributed by atoms with Crippen LogP contribution >= 0.6 is 22.6 Å². The Hall–Kier alpha value is 0.0500. The summed E-state index contributed by atoms with van der Waals surface area (Å²) in [5.41, 5.74) is 0.0282. The minimum Gasteiger partial charge on any atom is -0.308 e. The Bertz CT molecular complexity index is 270. The number of rotatable bonds is 3. The van der Waals surface area contributed by atoms with E-state index in [9.17, 15) is 8.42 Å². The van der Waals surface area contributed by atoms with Gasteiger partial charge in [-0.25, -0.2) is 13.6 Å². The van der Waals surface area contributed by atoms with E-state index in [4.69, 9.17) is 10.5 Å². The van der Waals surface area contributed by atoms with Crippen LogP contribution in [0.25, 0.3) is 0 Å². The second-order valence-electron chi connectivity index (χ2n) is 2.01. The molecule has 1 unspecified atom stereocenters. The second kappa shape index (κ2) is 4.17. The molecule has 0 aromatic carbocycles. The zero-order valence-corrected chi connectivity index (χ0v) is 8.89. The van der Waals surface area contributed by atoms with Crippen molar-refractivity contribution < 1.29 is 8.42 Å². The molecule has 0 spiro atoms. The molecule has 0 aromatic heterocycles. The zero-order valence-electron chi connectivity index (χ0n) is 5.91. The van der Waals surface area contributed by atoms with Crippen LogP contribution in [-0.4, -0.2) is 19.4 Å². The fourth-order valence-electron chi connectivity index (χ4n) is 0.566. The summed E-state index contributed by atoms with van der Waals surface area (Å²) in [5, 5.41) is 11.0.